The van der Waals surface area contributed by atoms with Gasteiger partial charge in [-0.15, -0.1) is 0 Å². The molecule has 0 fully saturated rings. The SMILES string of the molecule is CCCCCCCCNc1ncnc(NCC)c1[N+](=O)[O-]. The molecule has 0 saturated carbocycles. The summed E-state index contributed by atoms with van der Waals surface area (Å²) in [6, 6.07) is 0. The van der Waals surface area contributed by atoms with Crippen LogP contribution in [-0.4, -0.2) is 28.0 Å². The Kier molecular flexibility index (Phi) is 8.08. The summed E-state index contributed by atoms with van der Waals surface area (Å²) in [6.45, 7) is 5.33. The highest BCUT2D eigenvalue weighted by molar-refractivity contribution is 5.69. The molecule has 0 aromatic carbocycles. The van der Waals surface area contributed by atoms with Crippen molar-refractivity contribution in [1.29, 1.82) is 0 Å². The zero-order chi connectivity index (χ0) is 15.5. The minimum atomic E-state index is -0.443. The highest BCUT2D eigenvalue weighted by Gasteiger charge is 2.21. The van der Waals surface area contributed by atoms with Crippen LogP contribution in [0.2, 0.25) is 0 Å². The van der Waals surface area contributed by atoms with Crippen LogP contribution in [0.1, 0.15) is 52.4 Å². The Labute approximate surface area is 125 Å². The first-order chi connectivity index (χ1) is 10.2. The van der Waals surface area contributed by atoms with E-state index in [1.807, 2.05) is 6.92 Å². The van der Waals surface area contributed by atoms with E-state index in [1.165, 1.54) is 32.0 Å². The molecule has 0 aliphatic rings. The Morgan fingerprint density at radius 3 is 2.29 bits per heavy atom. The van der Waals surface area contributed by atoms with E-state index in [1.54, 1.807) is 0 Å². The molecule has 1 heterocycles. The molecule has 0 unspecified atom stereocenters. The van der Waals surface area contributed by atoms with E-state index in [2.05, 4.69) is 27.5 Å². The van der Waals surface area contributed by atoms with Crippen molar-refractivity contribution in [1.82, 2.24) is 9.97 Å². The van der Waals surface area contributed by atoms with Gasteiger partial charge in [-0.2, -0.15) is 0 Å². The van der Waals surface area contributed by atoms with Gasteiger partial charge in [0.05, 0.1) is 4.92 Å². The summed E-state index contributed by atoms with van der Waals surface area (Å²) in [7, 11) is 0. The minimum absolute atomic E-state index is 0.0784. The molecule has 118 valence electrons. The molecule has 1 rings (SSSR count). The van der Waals surface area contributed by atoms with Crippen molar-refractivity contribution < 1.29 is 4.92 Å². The lowest BCUT2D eigenvalue weighted by Crippen LogP contribution is -2.10. The summed E-state index contributed by atoms with van der Waals surface area (Å²) in [5, 5.41) is 17.1. The van der Waals surface area contributed by atoms with Gasteiger partial charge in [-0.3, -0.25) is 10.1 Å². The summed E-state index contributed by atoms with van der Waals surface area (Å²) in [5.74, 6) is 0.558. The van der Waals surface area contributed by atoms with Crippen molar-refractivity contribution >= 4 is 17.3 Å². The van der Waals surface area contributed by atoms with Crippen molar-refractivity contribution in [3.05, 3.63) is 16.4 Å². The number of nitrogens with one attached hydrogen (secondary N) is 2. The van der Waals surface area contributed by atoms with Crippen LogP contribution in [0.5, 0.6) is 0 Å². The first-order valence-electron chi connectivity index (χ1n) is 7.67. The number of anilines is 2. The summed E-state index contributed by atoms with van der Waals surface area (Å²) in [6.07, 6.45) is 8.44. The van der Waals surface area contributed by atoms with Gasteiger partial charge in [-0.1, -0.05) is 39.0 Å². The standard InChI is InChI=1S/C14H25N5O2/c1-3-5-6-7-8-9-10-16-14-12(19(20)21)13(15-4-2)17-11-18-14/h11H,3-10H2,1-2H3,(H2,15,16,17,18). The van der Waals surface area contributed by atoms with E-state index in [0.717, 1.165) is 12.8 Å². The van der Waals surface area contributed by atoms with E-state index >= 15 is 0 Å². The Hall–Kier alpha value is -1.92. The molecule has 1 aromatic rings. The molecule has 2 N–H and O–H groups in total. The van der Waals surface area contributed by atoms with Gasteiger partial charge in [0.15, 0.2) is 0 Å². The Morgan fingerprint density at radius 1 is 1.05 bits per heavy atom. The smallest absolute Gasteiger partial charge is 0.353 e. The third kappa shape index (κ3) is 5.93. The van der Waals surface area contributed by atoms with Crippen LogP contribution in [0.4, 0.5) is 17.3 Å². The molecule has 7 nitrogen and oxygen atoms in total. The molecule has 0 spiro atoms. The summed E-state index contributed by atoms with van der Waals surface area (Å²) in [5.41, 5.74) is -0.0784. The maximum atomic E-state index is 11.2. The Balaban J connectivity index is 2.50. The van der Waals surface area contributed by atoms with Gasteiger partial charge >= 0.3 is 5.69 Å². The van der Waals surface area contributed by atoms with Crippen LogP contribution in [-0.2, 0) is 0 Å². The van der Waals surface area contributed by atoms with Gasteiger partial charge in [0.1, 0.15) is 6.33 Å². The molecule has 0 bridgehead atoms. The van der Waals surface area contributed by atoms with Gasteiger partial charge < -0.3 is 10.6 Å². The fourth-order valence-electron chi connectivity index (χ4n) is 2.09. The first kappa shape index (κ1) is 17.1. The molecule has 7 heteroatoms. The van der Waals surface area contributed by atoms with Crippen LogP contribution < -0.4 is 10.6 Å². The average molecular weight is 295 g/mol. The maximum Gasteiger partial charge on any atom is 0.353 e. The molecule has 0 radical (unpaired) electrons. The second kappa shape index (κ2) is 9.90. The third-order valence-corrected chi connectivity index (χ3v) is 3.17. The number of hydrogen-bond acceptors (Lipinski definition) is 6. The molecule has 21 heavy (non-hydrogen) atoms. The molecule has 0 aliphatic heterocycles. The zero-order valence-corrected chi connectivity index (χ0v) is 12.9. The predicted molar refractivity (Wildman–Crippen MR) is 84.7 cm³/mol. The van der Waals surface area contributed by atoms with Gasteiger partial charge in [-0.05, 0) is 13.3 Å². The monoisotopic (exact) mass is 295 g/mol. The van der Waals surface area contributed by atoms with E-state index in [4.69, 9.17) is 0 Å². The molecular formula is C14H25N5O2. The number of unbranched alkanes of at least 4 members (excludes halogenated alkanes) is 5. The highest BCUT2D eigenvalue weighted by Crippen LogP contribution is 2.28. The van der Waals surface area contributed by atoms with Crippen molar-refractivity contribution in [3.63, 3.8) is 0 Å². The largest absolute Gasteiger partial charge is 0.364 e. The molecule has 0 aliphatic carbocycles. The lowest BCUT2D eigenvalue weighted by Gasteiger charge is -2.09. The van der Waals surface area contributed by atoms with Crippen molar-refractivity contribution in [3.8, 4) is 0 Å². The van der Waals surface area contributed by atoms with Crippen LogP contribution in [0, 0.1) is 10.1 Å². The Bertz CT molecular complexity index is 439. The third-order valence-electron chi connectivity index (χ3n) is 3.17. The normalized spacial score (nSPS) is 10.4. The minimum Gasteiger partial charge on any atom is -0.364 e. The first-order valence-corrected chi connectivity index (χ1v) is 7.67. The van der Waals surface area contributed by atoms with Gasteiger partial charge in [0.2, 0.25) is 11.6 Å². The second-order valence-electron chi connectivity index (χ2n) is 4.90. The zero-order valence-electron chi connectivity index (χ0n) is 12.9. The van der Waals surface area contributed by atoms with Crippen LogP contribution in [0.25, 0.3) is 0 Å². The van der Waals surface area contributed by atoms with Gasteiger partial charge in [-0.25, -0.2) is 9.97 Å². The second-order valence-corrected chi connectivity index (χ2v) is 4.90. The van der Waals surface area contributed by atoms with Gasteiger partial charge in [0, 0.05) is 13.1 Å². The summed E-state index contributed by atoms with van der Waals surface area (Å²) >= 11 is 0. The van der Waals surface area contributed by atoms with Gasteiger partial charge in [0.25, 0.3) is 0 Å². The van der Waals surface area contributed by atoms with Crippen LogP contribution >= 0.6 is 0 Å². The van der Waals surface area contributed by atoms with E-state index in [-0.39, 0.29) is 11.5 Å². The lowest BCUT2D eigenvalue weighted by atomic mass is 10.1. The quantitative estimate of drug-likeness (QED) is 0.368. The Morgan fingerprint density at radius 2 is 1.67 bits per heavy atom. The molecule has 1 aromatic heterocycles. The van der Waals surface area contributed by atoms with E-state index in [9.17, 15) is 10.1 Å². The topological polar surface area (TPSA) is 93.0 Å². The number of nitro groups is 1. The highest BCUT2D eigenvalue weighted by atomic mass is 16.6. The van der Waals surface area contributed by atoms with Crippen LogP contribution in [0.15, 0.2) is 6.33 Å². The molecule has 0 atom stereocenters. The lowest BCUT2D eigenvalue weighted by molar-refractivity contribution is -0.383. The number of rotatable bonds is 11. The van der Waals surface area contributed by atoms with Crippen molar-refractivity contribution in [2.45, 2.75) is 52.4 Å². The number of nitrogens with zero attached hydrogens (tertiary/aromatic N) is 3. The van der Waals surface area contributed by atoms with E-state index in [0.29, 0.717) is 18.9 Å². The summed E-state index contributed by atoms with van der Waals surface area (Å²) < 4.78 is 0. The van der Waals surface area contributed by atoms with Crippen molar-refractivity contribution in [2.75, 3.05) is 23.7 Å². The molecule has 0 amide bonds. The maximum absolute atomic E-state index is 11.2. The molecular weight excluding hydrogens is 270 g/mol. The van der Waals surface area contributed by atoms with E-state index < -0.39 is 4.92 Å². The summed E-state index contributed by atoms with van der Waals surface area (Å²) in [4.78, 5) is 18.6. The average Bonchev–Trinajstić information content (AvgIpc) is 2.46. The number of aromatic nitrogens is 2. The van der Waals surface area contributed by atoms with Crippen molar-refractivity contribution in [2.24, 2.45) is 0 Å². The molecule has 0 saturated heterocycles. The fraction of sp³-hybridized carbons (Fsp3) is 0.714. The van der Waals surface area contributed by atoms with Crippen LogP contribution in [0.3, 0.4) is 0 Å². The number of hydrogen-bond donors (Lipinski definition) is 2. The fourth-order valence-corrected chi connectivity index (χ4v) is 2.09. The predicted octanol–water partition coefficient (Wildman–Crippen LogP) is 3.59.